The van der Waals surface area contributed by atoms with Crippen molar-refractivity contribution in [3.63, 3.8) is 0 Å². The average Bonchev–Trinajstić information content (AvgIpc) is 3.12. The van der Waals surface area contributed by atoms with E-state index in [0.29, 0.717) is 31.3 Å². The summed E-state index contributed by atoms with van der Waals surface area (Å²) in [6, 6.07) is 5.97. The van der Waals surface area contributed by atoms with Gasteiger partial charge in [-0.15, -0.1) is 0 Å². The Morgan fingerprint density at radius 2 is 2.00 bits per heavy atom. The summed E-state index contributed by atoms with van der Waals surface area (Å²) in [6.07, 6.45) is 3.12. The lowest BCUT2D eigenvalue weighted by atomic mass is 10.3. The fourth-order valence-corrected chi connectivity index (χ4v) is 2.81. The van der Waals surface area contributed by atoms with E-state index in [1.807, 2.05) is 20.9 Å². The number of hydrogen-bond donors (Lipinski definition) is 3. The molecule has 0 spiro atoms. The maximum Gasteiger partial charge on any atom is 0.191 e. The van der Waals surface area contributed by atoms with Crippen molar-refractivity contribution in [3.8, 4) is 5.75 Å². The zero-order chi connectivity index (χ0) is 21.3. The van der Waals surface area contributed by atoms with Crippen LogP contribution in [0.4, 0.5) is 10.2 Å². The molecule has 9 nitrogen and oxygen atoms in total. The quantitative estimate of drug-likeness (QED) is 0.279. The van der Waals surface area contributed by atoms with Crippen LogP contribution in [0, 0.1) is 5.82 Å². The lowest BCUT2D eigenvalue weighted by Crippen LogP contribution is -2.40. The minimum Gasteiger partial charge on any atom is -0.489 e. The number of aliphatic imine (C=N–C) groups is 1. The highest BCUT2D eigenvalue weighted by Gasteiger charge is 2.08. The Bertz CT molecular complexity index is 973. The maximum atomic E-state index is 13.0. The molecule has 3 aromatic rings. The second-order valence-electron chi connectivity index (χ2n) is 6.68. The Kier molecular flexibility index (Phi) is 7.36. The van der Waals surface area contributed by atoms with Crippen molar-refractivity contribution in [2.75, 3.05) is 31.5 Å². The molecule has 0 fully saturated rings. The van der Waals surface area contributed by atoms with Gasteiger partial charge in [0.1, 0.15) is 29.8 Å². The molecule has 0 bridgehead atoms. The summed E-state index contributed by atoms with van der Waals surface area (Å²) in [5.41, 5.74) is 0.783. The van der Waals surface area contributed by atoms with E-state index in [0.717, 1.165) is 23.4 Å². The first-order chi connectivity index (χ1) is 14.6. The minimum absolute atomic E-state index is 0.149. The summed E-state index contributed by atoms with van der Waals surface area (Å²) < 4.78 is 20.5. The van der Waals surface area contributed by atoms with Crippen molar-refractivity contribution in [2.45, 2.75) is 20.0 Å². The molecule has 1 unspecified atom stereocenters. The molecule has 3 N–H and O–H groups in total. The molecule has 0 radical (unpaired) electrons. The van der Waals surface area contributed by atoms with E-state index in [1.165, 1.54) is 18.5 Å². The molecule has 0 amide bonds. The summed E-state index contributed by atoms with van der Waals surface area (Å²) in [5.74, 6) is 1.78. The van der Waals surface area contributed by atoms with Gasteiger partial charge in [0, 0.05) is 26.7 Å². The number of fused-ring (bicyclic) bond motifs is 1. The number of nitrogens with one attached hydrogen (secondary N) is 3. The van der Waals surface area contributed by atoms with E-state index in [1.54, 1.807) is 23.0 Å². The Balaban J connectivity index is 1.47. The van der Waals surface area contributed by atoms with Crippen LogP contribution in [0.5, 0.6) is 5.75 Å². The molecule has 1 aromatic carbocycles. The molecule has 2 aromatic heterocycles. The summed E-state index contributed by atoms with van der Waals surface area (Å²) >= 11 is 0. The third-order valence-electron chi connectivity index (χ3n) is 4.24. The van der Waals surface area contributed by atoms with Gasteiger partial charge in [-0.25, -0.2) is 19.4 Å². The molecule has 10 heteroatoms. The predicted octanol–water partition coefficient (Wildman–Crippen LogP) is 1.94. The number of halogens is 1. The number of ether oxygens (including phenoxy) is 1. The van der Waals surface area contributed by atoms with Gasteiger partial charge in [-0.3, -0.25) is 4.68 Å². The Morgan fingerprint density at radius 1 is 1.20 bits per heavy atom. The van der Waals surface area contributed by atoms with Gasteiger partial charge in [-0.2, -0.15) is 5.10 Å². The van der Waals surface area contributed by atoms with Gasteiger partial charge in [-0.05, 0) is 38.1 Å². The van der Waals surface area contributed by atoms with E-state index in [-0.39, 0.29) is 11.9 Å². The molecular weight excluding hydrogens is 387 g/mol. The van der Waals surface area contributed by atoms with Gasteiger partial charge < -0.3 is 20.7 Å². The number of benzene rings is 1. The third kappa shape index (κ3) is 5.79. The average molecular weight is 414 g/mol. The Labute approximate surface area is 174 Å². The van der Waals surface area contributed by atoms with Crippen LogP contribution in [-0.4, -0.2) is 58.0 Å². The Morgan fingerprint density at radius 3 is 2.77 bits per heavy atom. The smallest absolute Gasteiger partial charge is 0.191 e. The molecular formula is C20H27FN8O. The SMILES string of the molecule is CCNC(=NCC(C)Oc1ccc(F)cc1)NCCNc1ncnc2c1cnn2C. The second kappa shape index (κ2) is 10.4. The molecule has 0 aliphatic heterocycles. The van der Waals surface area contributed by atoms with Crippen LogP contribution in [0.1, 0.15) is 13.8 Å². The number of hydrogen-bond acceptors (Lipinski definition) is 6. The number of aryl methyl sites for hydroxylation is 1. The van der Waals surface area contributed by atoms with Crippen molar-refractivity contribution in [1.82, 2.24) is 30.4 Å². The van der Waals surface area contributed by atoms with Gasteiger partial charge in [-0.1, -0.05) is 0 Å². The first kappa shape index (κ1) is 21.3. The molecule has 0 aliphatic carbocycles. The summed E-state index contributed by atoms with van der Waals surface area (Å²) in [7, 11) is 1.85. The number of nitrogens with zero attached hydrogens (tertiary/aromatic N) is 5. The van der Waals surface area contributed by atoms with Crippen LogP contribution in [0.25, 0.3) is 11.0 Å². The van der Waals surface area contributed by atoms with E-state index < -0.39 is 0 Å². The number of rotatable bonds is 9. The zero-order valence-electron chi connectivity index (χ0n) is 17.4. The van der Waals surface area contributed by atoms with E-state index in [4.69, 9.17) is 4.74 Å². The van der Waals surface area contributed by atoms with Crippen molar-refractivity contribution < 1.29 is 9.13 Å². The topological polar surface area (TPSA) is 101 Å². The summed E-state index contributed by atoms with van der Waals surface area (Å²) in [4.78, 5) is 13.1. The second-order valence-corrected chi connectivity index (χ2v) is 6.68. The van der Waals surface area contributed by atoms with Crippen LogP contribution in [0.15, 0.2) is 41.8 Å². The lowest BCUT2D eigenvalue weighted by molar-refractivity contribution is 0.230. The van der Waals surface area contributed by atoms with Gasteiger partial charge in [0.05, 0.1) is 18.1 Å². The molecule has 1 atom stereocenters. The van der Waals surface area contributed by atoms with Crippen LogP contribution >= 0.6 is 0 Å². The monoisotopic (exact) mass is 414 g/mol. The fourth-order valence-electron chi connectivity index (χ4n) is 2.81. The van der Waals surface area contributed by atoms with Crippen LogP contribution in [0.2, 0.25) is 0 Å². The summed E-state index contributed by atoms with van der Waals surface area (Å²) in [5, 5.41) is 14.9. The molecule has 3 rings (SSSR count). The van der Waals surface area contributed by atoms with Gasteiger partial charge in [0.25, 0.3) is 0 Å². The largest absolute Gasteiger partial charge is 0.489 e. The number of aromatic nitrogens is 4. The first-order valence-electron chi connectivity index (χ1n) is 9.87. The van der Waals surface area contributed by atoms with Gasteiger partial charge in [0.15, 0.2) is 11.6 Å². The lowest BCUT2D eigenvalue weighted by Gasteiger charge is -2.15. The van der Waals surface area contributed by atoms with Gasteiger partial charge >= 0.3 is 0 Å². The number of anilines is 1. The molecule has 0 saturated carbocycles. The third-order valence-corrected chi connectivity index (χ3v) is 4.24. The molecule has 0 aliphatic rings. The molecule has 30 heavy (non-hydrogen) atoms. The van der Waals surface area contributed by atoms with Crippen molar-refractivity contribution in [3.05, 3.63) is 42.6 Å². The highest BCUT2D eigenvalue weighted by Crippen LogP contribution is 2.17. The molecule has 2 heterocycles. The van der Waals surface area contributed by atoms with E-state index in [2.05, 4.69) is 36.0 Å². The van der Waals surface area contributed by atoms with Gasteiger partial charge in [0.2, 0.25) is 0 Å². The maximum absolute atomic E-state index is 13.0. The van der Waals surface area contributed by atoms with E-state index >= 15 is 0 Å². The van der Waals surface area contributed by atoms with E-state index in [9.17, 15) is 4.39 Å². The normalized spacial score (nSPS) is 12.6. The summed E-state index contributed by atoms with van der Waals surface area (Å²) in [6.45, 7) is 6.43. The highest BCUT2D eigenvalue weighted by atomic mass is 19.1. The standard InChI is InChI=1S/C20H27FN8O/c1-4-22-20(25-11-14(2)30-16-7-5-15(21)6-8-16)24-10-9-23-18-17-12-28-29(3)19(17)27-13-26-18/h5-8,12-14H,4,9-11H2,1-3H3,(H2,22,24,25)(H,23,26,27). The zero-order valence-corrected chi connectivity index (χ0v) is 17.4. The van der Waals surface area contributed by atoms with Crippen molar-refractivity contribution in [2.24, 2.45) is 12.0 Å². The predicted molar refractivity (Wildman–Crippen MR) is 115 cm³/mol. The van der Waals surface area contributed by atoms with Crippen molar-refractivity contribution in [1.29, 1.82) is 0 Å². The van der Waals surface area contributed by atoms with Crippen LogP contribution < -0.4 is 20.7 Å². The fraction of sp³-hybridized carbons (Fsp3) is 0.400. The van der Waals surface area contributed by atoms with Crippen molar-refractivity contribution >= 4 is 22.8 Å². The number of guanidine groups is 1. The minimum atomic E-state index is -0.286. The molecule has 0 saturated heterocycles. The Hall–Kier alpha value is -3.43. The van der Waals surface area contributed by atoms with Crippen LogP contribution in [0.3, 0.4) is 0 Å². The molecule has 160 valence electrons. The highest BCUT2D eigenvalue weighted by molar-refractivity contribution is 5.86. The first-order valence-corrected chi connectivity index (χ1v) is 9.87. The van der Waals surface area contributed by atoms with Crippen LogP contribution in [-0.2, 0) is 7.05 Å².